The third-order valence-corrected chi connectivity index (χ3v) is 6.71. The molecule has 0 spiro atoms. The fourth-order valence-corrected chi connectivity index (χ4v) is 4.90. The normalized spacial score (nSPS) is 14.4. The summed E-state index contributed by atoms with van der Waals surface area (Å²) < 4.78 is 13.8. The number of nitrogens with zero attached hydrogens (tertiary/aromatic N) is 1. The zero-order chi connectivity index (χ0) is 23.8. The highest BCUT2D eigenvalue weighted by Crippen LogP contribution is 2.47. The molecule has 0 aliphatic heterocycles. The molecule has 1 aliphatic carbocycles. The van der Waals surface area contributed by atoms with E-state index in [0.29, 0.717) is 19.1 Å². The maximum Gasteiger partial charge on any atom is 0.259 e. The van der Waals surface area contributed by atoms with Crippen LogP contribution in [0.1, 0.15) is 48.6 Å². The second kappa shape index (κ2) is 9.11. The third-order valence-electron chi connectivity index (χ3n) is 6.71. The molecule has 0 fully saturated rings. The number of methoxy groups -OCH3 is 1. The molecular weight excluding hydrogens is 422 g/mol. The fourth-order valence-electron chi connectivity index (χ4n) is 4.90. The molecule has 3 aromatic carbocycles. The Morgan fingerprint density at radius 3 is 2.47 bits per heavy atom. The summed E-state index contributed by atoms with van der Waals surface area (Å²) in [6.07, 6.45) is 0.813. The van der Waals surface area contributed by atoms with Gasteiger partial charge in [-0.15, -0.1) is 0 Å². The molecule has 1 heterocycles. The Morgan fingerprint density at radius 1 is 0.971 bits per heavy atom. The van der Waals surface area contributed by atoms with Gasteiger partial charge in [0.25, 0.3) is 5.56 Å². The number of aromatic nitrogens is 1. The molecular formula is C30H31NO3. The van der Waals surface area contributed by atoms with E-state index < -0.39 is 0 Å². The number of hydrogen-bond acceptors (Lipinski definition) is 3. The van der Waals surface area contributed by atoms with Crippen LogP contribution in [0.2, 0.25) is 0 Å². The van der Waals surface area contributed by atoms with Crippen LogP contribution >= 0.6 is 0 Å². The molecule has 0 saturated heterocycles. The Bertz CT molecular complexity index is 1400. The first-order chi connectivity index (χ1) is 16.5. The number of aryl methyl sites for hydroxylation is 1. The molecule has 0 saturated carbocycles. The summed E-state index contributed by atoms with van der Waals surface area (Å²) in [6.45, 7) is 7.67. The maximum absolute atomic E-state index is 13.8. The quantitative estimate of drug-likeness (QED) is 0.321. The number of hydrogen-bond donors (Lipinski definition) is 0. The Kier molecular flexibility index (Phi) is 6.01. The summed E-state index contributed by atoms with van der Waals surface area (Å²) in [5, 5.41) is 1.74. The highest BCUT2D eigenvalue weighted by Gasteiger charge is 2.34. The smallest absolute Gasteiger partial charge is 0.259 e. The van der Waals surface area contributed by atoms with E-state index in [1.54, 1.807) is 7.11 Å². The van der Waals surface area contributed by atoms with Crippen molar-refractivity contribution in [3.63, 3.8) is 0 Å². The van der Waals surface area contributed by atoms with Gasteiger partial charge in [-0.2, -0.15) is 0 Å². The molecule has 34 heavy (non-hydrogen) atoms. The summed E-state index contributed by atoms with van der Waals surface area (Å²) >= 11 is 0. The first-order valence-electron chi connectivity index (χ1n) is 12.0. The van der Waals surface area contributed by atoms with Crippen LogP contribution in [-0.2, 0) is 11.3 Å². The van der Waals surface area contributed by atoms with Crippen LogP contribution in [0.4, 0.5) is 0 Å². The van der Waals surface area contributed by atoms with Gasteiger partial charge < -0.3 is 14.0 Å². The van der Waals surface area contributed by atoms with Crippen LogP contribution in [0, 0.1) is 12.8 Å². The van der Waals surface area contributed by atoms with Crippen LogP contribution in [-0.4, -0.2) is 18.3 Å². The van der Waals surface area contributed by atoms with Crippen molar-refractivity contribution in [1.29, 1.82) is 0 Å². The van der Waals surface area contributed by atoms with E-state index in [1.807, 2.05) is 47.0 Å². The van der Waals surface area contributed by atoms with Crippen LogP contribution in [0.3, 0.4) is 0 Å². The molecule has 0 amide bonds. The molecule has 0 N–H and O–H groups in total. The van der Waals surface area contributed by atoms with Crippen LogP contribution < -0.4 is 10.3 Å². The van der Waals surface area contributed by atoms with Crippen molar-refractivity contribution in [1.82, 2.24) is 4.57 Å². The van der Waals surface area contributed by atoms with Gasteiger partial charge in [0.1, 0.15) is 11.9 Å². The topological polar surface area (TPSA) is 40.5 Å². The molecule has 174 valence electrons. The Labute approximate surface area is 200 Å². The monoisotopic (exact) mass is 453 g/mol. The van der Waals surface area contributed by atoms with E-state index in [2.05, 4.69) is 45.0 Å². The van der Waals surface area contributed by atoms with Crippen LogP contribution in [0.5, 0.6) is 5.75 Å². The lowest BCUT2D eigenvalue weighted by molar-refractivity contribution is 0.0754. The van der Waals surface area contributed by atoms with Gasteiger partial charge >= 0.3 is 0 Å². The molecule has 1 unspecified atom stereocenters. The van der Waals surface area contributed by atoms with E-state index >= 15 is 0 Å². The number of pyridine rings is 1. The van der Waals surface area contributed by atoms with E-state index in [9.17, 15) is 4.79 Å². The maximum atomic E-state index is 13.8. The molecule has 1 atom stereocenters. The van der Waals surface area contributed by atoms with Crippen molar-refractivity contribution in [2.75, 3.05) is 13.7 Å². The van der Waals surface area contributed by atoms with Gasteiger partial charge in [-0.1, -0.05) is 67.9 Å². The third kappa shape index (κ3) is 3.92. The Balaban J connectivity index is 1.74. The minimum atomic E-state index is -0.183. The standard InChI is InChI=1S/C30H31NO3/c1-19(2)15-16-34-29-24-8-6-5-7-23(24)28-27(29)26-17-20(3)9-14-25(26)30(32)31(28)18-21-10-12-22(33-4)13-11-21/h5-14,17,19,29H,15-16,18H2,1-4H3. The lowest BCUT2D eigenvalue weighted by atomic mass is 9.99. The minimum Gasteiger partial charge on any atom is -0.497 e. The summed E-state index contributed by atoms with van der Waals surface area (Å²) in [5.74, 6) is 1.37. The lowest BCUT2D eigenvalue weighted by Crippen LogP contribution is -2.24. The van der Waals surface area contributed by atoms with Crippen molar-refractivity contribution < 1.29 is 9.47 Å². The van der Waals surface area contributed by atoms with Crippen molar-refractivity contribution in [3.8, 4) is 17.0 Å². The average molecular weight is 454 g/mol. The molecule has 1 aromatic heterocycles. The van der Waals surface area contributed by atoms with Crippen molar-refractivity contribution in [3.05, 3.63) is 99.3 Å². The Hall–Kier alpha value is -3.37. The van der Waals surface area contributed by atoms with Gasteiger partial charge in [0.15, 0.2) is 0 Å². The predicted molar refractivity (Wildman–Crippen MR) is 138 cm³/mol. The highest BCUT2D eigenvalue weighted by atomic mass is 16.5. The van der Waals surface area contributed by atoms with Gasteiger partial charge in [-0.25, -0.2) is 0 Å². The second-order valence-electron chi connectivity index (χ2n) is 9.57. The predicted octanol–water partition coefficient (Wildman–Crippen LogP) is 6.50. The Morgan fingerprint density at radius 2 is 1.74 bits per heavy atom. The summed E-state index contributed by atoms with van der Waals surface area (Å²) in [4.78, 5) is 13.8. The summed E-state index contributed by atoms with van der Waals surface area (Å²) in [7, 11) is 1.66. The first kappa shape index (κ1) is 22.4. The van der Waals surface area contributed by atoms with Gasteiger partial charge in [0.05, 0.1) is 19.3 Å². The van der Waals surface area contributed by atoms with Crippen molar-refractivity contribution in [2.45, 2.75) is 39.8 Å². The number of fused-ring (bicyclic) bond motifs is 5. The zero-order valence-electron chi connectivity index (χ0n) is 20.3. The lowest BCUT2D eigenvalue weighted by Gasteiger charge is -2.20. The molecule has 4 heteroatoms. The minimum absolute atomic E-state index is 0.0298. The van der Waals surface area contributed by atoms with Crippen LogP contribution in [0.15, 0.2) is 71.5 Å². The number of ether oxygens (including phenoxy) is 2. The fraction of sp³-hybridized carbons (Fsp3) is 0.300. The van der Waals surface area contributed by atoms with Crippen molar-refractivity contribution in [2.24, 2.45) is 5.92 Å². The molecule has 5 rings (SSSR count). The van der Waals surface area contributed by atoms with Gasteiger partial charge in [0, 0.05) is 23.1 Å². The van der Waals surface area contributed by atoms with Gasteiger partial charge in [-0.05, 0) is 54.0 Å². The highest BCUT2D eigenvalue weighted by molar-refractivity contribution is 5.94. The largest absolute Gasteiger partial charge is 0.497 e. The van der Waals surface area contributed by atoms with E-state index in [-0.39, 0.29) is 11.7 Å². The van der Waals surface area contributed by atoms with Gasteiger partial charge in [-0.3, -0.25) is 4.79 Å². The molecule has 4 nitrogen and oxygen atoms in total. The number of rotatable bonds is 7. The van der Waals surface area contributed by atoms with E-state index in [1.165, 1.54) is 0 Å². The average Bonchev–Trinajstić information content (AvgIpc) is 3.16. The van der Waals surface area contributed by atoms with E-state index in [0.717, 1.165) is 56.5 Å². The summed E-state index contributed by atoms with van der Waals surface area (Å²) in [6, 6.07) is 22.4. The molecule has 1 aliphatic rings. The molecule has 0 bridgehead atoms. The first-order valence-corrected chi connectivity index (χ1v) is 12.0. The van der Waals surface area contributed by atoms with Crippen molar-refractivity contribution >= 4 is 10.8 Å². The zero-order valence-corrected chi connectivity index (χ0v) is 20.3. The second-order valence-corrected chi connectivity index (χ2v) is 9.57. The molecule has 4 aromatic rings. The van der Waals surface area contributed by atoms with Crippen LogP contribution in [0.25, 0.3) is 22.0 Å². The van der Waals surface area contributed by atoms with Gasteiger partial charge in [0.2, 0.25) is 0 Å². The SMILES string of the molecule is COc1ccc(Cn2c3c(c4cc(C)ccc4c2=O)C(OCCC(C)C)c2ccccc2-3)cc1. The number of benzene rings is 3. The summed E-state index contributed by atoms with van der Waals surface area (Å²) in [5.41, 5.74) is 6.53. The molecule has 0 radical (unpaired) electrons. The van der Waals surface area contributed by atoms with E-state index in [4.69, 9.17) is 9.47 Å².